The van der Waals surface area contributed by atoms with Gasteiger partial charge in [-0.2, -0.15) is 10.3 Å². The molecule has 2 N–H and O–H groups in total. The zero-order valence-corrected chi connectivity index (χ0v) is 13.3. The van der Waals surface area contributed by atoms with Crippen LogP contribution in [0.15, 0.2) is 48.1 Å². The third kappa shape index (κ3) is 1.98. The first kappa shape index (κ1) is 14.9. The SMILES string of the molecule is Cc1ccc(N2C(O)=C3C(C)Cc4cccc(F)c4N3[NH+]2[O-])cn1. The summed E-state index contributed by atoms with van der Waals surface area (Å²) in [7, 11) is 0. The van der Waals surface area contributed by atoms with Crippen LogP contribution in [-0.2, 0) is 6.42 Å². The molecular weight excluding hydrogens is 311 g/mol. The molecule has 0 saturated heterocycles. The fourth-order valence-electron chi connectivity index (χ4n) is 3.39. The zero-order valence-electron chi connectivity index (χ0n) is 13.3. The van der Waals surface area contributed by atoms with Crippen LogP contribution in [-0.4, -0.2) is 10.1 Å². The van der Waals surface area contributed by atoms with Gasteiger partial charge in [0.25, 0.3) is 5.88 Å². The van der Waals surface area contributed by atoms with E-state index in [2.05, 4.69) is 4.98 Å². The lowest BCUT2D eigenvalue weighted by molar-refractivity contribution is -0.854. The molecule has 3 heterocycles. The molecule has 4 rings (SSSR count). The van der Waals surface area contributed by atoms with Gasteiger partial charge in [0, 0.05) is 11.6 Å². The quantitative estimate of drug-likeness (QED) is 0.784. The minimum atomic E-state index is -0.494. The summed E-state index contributed by atoms with van der Waals surface area (Å²) in [6.07, 6.45) is 2.09. The molecule has 0 amide bonds. The van der Waals surface area contributed by atoms with Crippen LogP contribution in [0.3, 0.4) is 0 Å². The van der Waals surface area contributed by atoms with Crippen molar-refractivity contribution in [3.8, 4) is 0 Å². The minimum absolute atomic E-state index is 0.105. The number of rotatable bonds is 1. The van der Waals surface area contributed by atoms with Crippen molar-refractivity contribution >= 4 is 11.4 Å². The fourth-order valence-corrected chi connectivity index (χ4v) is 3.39. The molecule has 0 bridgehead atoms. The molecule has 2 atom stereocenters. The van der Waals surface area contributed by atoms with Gasteiger partial charge < -0.3 is 10.3 Å². The summed E-state index contributed by atoms with van der Waals surface area (Å²) in [4.78, 5) is 4.17. The first-order valence-corrected chi connectivity index (χ1v) is 7.76. The van der Waals surface area contributed by atoms with Crippen LogP contribution in [0.4, 0.5) is 15.8 Å². The van der Waals surface area contributed by atoms with Gasteiger partial charge in [0.05, 0.1) is 6.20 Å². The Balaban J connectivity index is 1.87. The van der Waals surface area contributed by atoms with E-state index in [-0.39, 0.29) is 17.5 Å². The topological polar surface area (TPSA) is 67.1 Å². The number of nitrogens with one attached hydrogen (secondary N) is 1. The van der Waals surface area contributed by atoms with Crippen molar-refractivity contribution in [3.63, 3.8) is 0 Å². The molecule has 0 spiro atoms. The summed E-state index contributed by atoms with van der Waals surface area (Å²) in [5.74, 6) is -0.736. The summed E-state index contributed by atoms with van der Waals surface area (Å²) in [6, 6.07) is 8.24. The van der Waals surface area contributed by atoms with E-state index in [4.69, 9.17) is 0 Å². The van der Waals surface area contributed by atoms with Crippen molar-refractivity contribution in [2.45, 2.75) is 20.3 Å². The van der Waals surface area contributed by atoms with E-state index in [9.17, 15) is 14.7 Å². The average molecular weight is 328 g/mol. The van der Waals surface area contributed by atoms with Crippen LogP contribution in [0, 0.1) is 23.9 Å². The standard InChI is InChI=1S/C17H17FN4O2/c1-10-8-12-4-3-5-14(18)16(12)21-15(10)17(23)20(22(21)24)13-7-6-11(2)19-9-13/h3-7,9-10,22-23H,8H2,1-2H3. The van der Waals surface area contributed by atoms with Crippen LogP contribution in [0.25, 0.3) is 0 Å². The van der Waals surface area contributed by atoms with E-state index in [1.54, 1.807) is 18.2 Å². The summed E-state index contributed by atoms with van der Waals surface area (Å²) in [5, 5.41) is 25.6. The van der Waals surface area contributed by atoms with Crippen molar-refractivity contribution in [1.29, 1.82) is 0 Å². The van der Waals surface area contributed by atoms with Gasteiger partial charge in [-0.05, 0) is 37.1 Å². The Kier molecular flexibility index (Phi) is 3.22. The highest BCUT2D eigenvalue weighted by molar-refractivity contribution is 5.63. The van der Waals surface area contributed by atoms with E-state index in [1.165, 1.54) is 22.3 Å². The number of aliphatic hydroxyl groups excluding tert-OH is 1. The molecule has 124 valence electrons. The average Bonchev–Trinajstić information content (AvgIpc) is 2.81. The molecule has 0 radical (unpaired) electrons. The van der Waals surface area contributed by atoms with Crippen molar-refractivity contribution in [3.05, 3.63) is 70.4 Å². The number of fused-ring (bicyclic) bond motifs is 3. The van der Waals surface area contributed by atoms with Gasteiger partial charge in [0.2, 0.25) is 0 Å². The van der Waals surface area contributed by atoms with Crippen molar-refractivity contribution in [2.75, 3.05) is 10.0 Å². The Morgan fingerprint density at radius 3 is 2.79 bits per heavy atom. The Hall–Kier alpha value is -2.64. The Labute approximate surface area is 138 Å². The zero-order chi connectivity index (χ0) is 17.0. The molecule has 2 unspecified atom stereocenters. The normalized spacial score (nSPS) is 22.7. The number of hydrogen-bond acceptors (Lipinski definition) is 5. The number of nitrogens with zero attached hydrogens (tertiary/aromatic N) is 3. The molecular formula is C17H17FN4O2. The third-order valence-corrected chi connectivity index (χ3v) is 4.51. The number of anilines is 2. The second-order valence-corrected chi connectivity index (χ2v) is 6.17. The number of benzene rings is 1. The lowest BCUT2D eigenvalue weighted by Crippen LogP contribution is -3.19. The van der Waals surface area contributed by atoms with E-state index < -0.39 is 11.1 Å². The van der Waals surface area contributed by atoms with Crippen LogP contribution >= 0.6 is 0 Å². The van der Waals surface area contributed by atoms with E-state index in [0.29, 0.717) is 17.8 Å². The monoisotopic (exact) mass is 328 g/mol. The number of para-hydroxylation sites is 1. The molecule has 1 aromatic carbocycles. The van der Waals surface area contributed by atoms with E-state index in [1.807, 2.05) is 19.9 Å². The summed E-state index contributed by atoms with van der Waals surface area (Å²) in [6.45, 7) is 3.75. The number of hydrogen-bond donors (Lipinski definition) is 2. The summed E-state index contributed by atoms with van der Waals surface area (Å²) >= 11 is 0. The van der Waals surface area contributed by atoms with Crippen molar-refractivity contribution < 1.29 is 14.8 Å². The lowest BCUT2D eigenvalue weighted by Gasteiger charge is -2.37. The van der Waals surface area contributed by atoms with Gasteiger partial charge in [-0.1, -0.05) is 19.1 Å². The number of aryl methyl sites for hydroxylation is 1. The maximum absolute atomic E-state index is 14.4. The largest absolute Gasteiger partial charge is 0.581 e. The van der Waals surface area contributed by atoms with Gasteiger partial charge in [0.1, 0.15) is 17.1 Å². The van der Waals surface area contributed by atoms with Gasteiger partial charge >= 0.3 is 0 Å². The van der Waals surface area contributed by atoms with E-state index >= 15 is 0 Å². The molecule has 2 aliphatic rings. The summed E-state index contributed by atoms with van der Waals surface area (Å²) < 4.78 is 14.4. The fraction of sp³-hybridized carbons (Fsp3) is 0.235. The first-order chi connectivity index (χ1) is 11.5. The number of allylic oxidation sites excluding steroid dienone is 1. The number of pyridine rings is 1. The Bertz CT molecular complexity index is 837. The first-order valence-electron chi connectivity index (χ1n) is 7.76. The maximum Gasteiger partial charge on any atom is 0.268 e. The van der Waals surface area contributed by atoms with Gasteiger partial charge in [-0.3, -0.25) is 4.98 Å². The highest BCUT2D eigenvalue weighted by Crippen LogP contribution is 2.39. The summed E-state index contributed by atoms with van der Waals surface area (Å²) in [5.41, 5.74) is 2.68. The minimum Gasteiger partial charge on any atom is -0.581 e. The molecule has 2 aliphatic heterocycles. The molecule has 24 heavy (non-hydrogen) atoms. The second kappa shape index (κ2) is 5.19. The Morgan fingerprint density at radius 1 is 1.29 bits per heavy atom. The molecule has 6 nitrogen and oxygen atoms in total. The third-order valence-electron chi connectivity index (χ3n) is 4.51. The van der Waals surface area contributed by atoms with Crippen LogP contribution in [0.2, 0.25) is 0 Å². The highest BCUT2D eigenvalue weighted by Gasteiger charge is 2.46. The van der Waals surface area contributed by atoms with Gasteiger partial charge in [-0.25, -0.2) is 4.39 Å². The molecule has 7 heteroatoms. The Morgan fingerprint density at radius 2 is 2.08 bits per heavy atom. The molecule has 0 saturated carbocycles. The van der Waals surface area contributed by atoms with Crippen molar-refractivity contribution in [2.24, 2.45) is 5.92 Å². The van der Waals surface area contributed by atoms with Crippen LogP contribution in [0.5, 0.6) is 0 Å². The highest BCUT2D eigenvalue weighted by atomic mass is 19.1. The van der Waals surface area contributed by atoms with Gasteiger partial charge in [-0.15, -0.1) is 5.01 Å². The smallest absolute Gasteiger partial charge is 0.268 e. The molecule has 0 aliphatic carbocycles. The van der Waals surface area contributed by atoms with Crippen LogP contribution < -0.4 is 15.3 Å². The molecule has 0 fully saturated rings. The number of aromatic nitrogens is 1. The van der Waals surface area contributed by atoms with E-state index in [0.717, 1.165) is 11.3 Å². The molecule has 2 aromatic rings. The predicted molar refractivity (Wildman–Crippen MR) is 87.2 cm³/mol. The second-order valence-electron chi connectivity index (χ2n) is 6.17. The molecule has 1 aromatic heterocycles. The van der Waals surface area contributed by atoms with Crippen molar-refractivity contribution in [1.82, 2.24) is 4.98 Å². The van der Waals surface area contributed by atoms with Gasteiger partial charge in [0.15, 0.2) is 5.82 Å². The lowest BCUT2D eigenvalue weighted by atomic mass is 9.92. The number of halogens is 1. The number of aliphatic hydroxyl groups is 1. The number of quaternary nitrogens is 1. The van der Waals surface area contributed by atoms with Crippen LogP contribution in [0.1, 0.15) is 18.2 Å². The predicted octanol–water partition coefficient (Wildman–Crippen LogP) is 1.99. The maximum atomic E-state index is 14.4.